The summed E-state index contributed by atoms with van der Waals surface area (Å²) in [6.45, 7) is 4.91. The Hall–Kier alpha value is -1.06. The minimum atomic E-state index is -0.348. The van der Waals surface area contributed by atoms with Crippen molar-refractivity contribution in [2.75, 3.05) is 6.61 Å². The zero-order valence-corrected chi connectivity index (χ0v) is 9.04. The molecule has 14 heavy (non-hydrogen) atoms. The van der Waals surface area contributed by atoms with E-state index in [-0.39, 0.29) is 24.6 Å². The van der Waals surface area contributed by atoms with Gasteiger partial charge in [-0.25, -0.2) is 0 Å². The number of esters is 2. The molecule has 0 aromatic rings. The van der Waals surface area contributed by atoms with Gasteiger partial charge in [-0.05, 0) is 12.8 Å². The second kappa shape index (κ2) is 7.35. The van der Waals surface area contributed by atoms with Crippen molar-refractivity contribution in [3.05, 3.63) is 0 Å². The van der Waals surface area contributed by atoms with Crippen molar-refractivity contribution >= 4 is 11.9 Å². The monoisotopic (exact) mass is 202 g/mol. The Labute approximate surface area is 84.6 Å². The summed E-state index contributed by atoms with van der Waals surface area (Å²) >= 11 is 0. The van der Waals surface area contributed by atoms with Crippen LogP contribution in [0, 0.1) is 0 Å². The normalized spacial score (nSPS) is 11.9. The van der Waals surface area contributed by atoms with Gasteiger partial charge in [0.1, 0.15) is 12.7 Å². The number of carbonyl (C=O) groups is 2. The van der Waals surface area contributed by atoms with E-state index in [1.807, 2.05) is 0 Å². The van der Waals surface area contributed by atoms with E-state index in [0.29, 0.717) is 0 Å². The predicted molar refractivity (Wildman–Crippen MR) is 51.7 cm³/mol. The van der Waals surface area contributed by atoms with Crippen LogP contribution in [0.3, 0.4) is 0 Å². The van der Waals surface area contributed by atoms with Gasteiger partial charge in [-0.3, -0.25) is 9.59 Å². The maximum absolute atomic E-state index is 10.7. The quantitative estimate of drug-likeness (QED) is 0.615. The smallest absolute Gasteiger partial charge is 0.303 e. The van der Waals surface area contributed by atoms with Crippen molar-refractivity contribution in [2.24, 2.45) is 0 Å². The number of unbranched alkanes of at least 4 members (excludes halogenated alkanes) is 1. The summed E-state index contributed by atoms with van der Waals surface area (Å²) < 4.78 is 9.77. The van der Waals surface area contributed by atoms with E-state index < -0.39 is 0 Å². The summed E-state index contributed by atoms with van der Waals surface area (Å²) in [7, 11) is 0. The number of hydrogen-bond donors (Lipinski definition) is 0. The third-order valence-corrected chi connectivity index (χ3v) is 1.68. The average Bonchev–Trinajstić information content (AvgIpc) is 2.09. The molecule has 1 atom stereocenters. The van der Waals surface area contributed by atoms with E-state index >= 15 is 0 Å². The van der Waals surface area contributed by atoms with Gasteiger partial charge in [0.15, 0.2) is 0 Å². The van der Waals surface area contributed by atoms with Crippen LogP contribution in [0.4, 0.5) is 0 Å². The van der Waals surface area contributed by atoms with Crippen LogP contribution in [-0.4, -0.2) is 24.6 Å². The molecule has 0 aliphatic carbocycles. The van der Waals surface area contributed by atoms with Crippen molar-refractivity contribution in [3.8, 4) is 0 Å². The lowest BCUT2D eigenvalue weighted by molar-refractivity contribution is -0.156. The minimum absolute atomic E-state index is 0.162. The summed E-state index contributed by atoms with van der Waals surface area (Å²) in [6, 6.07) is 0. The molecule has 0 aliphatic rings. The molecule has 0 unspecified atom stereocenters. The van der Waals surface area contributed by atoms with Crippen LogP contribution in [-0.2, 0) is 19.1 Å². The van der Waals surface area contributed by atoms with Gasteiger partial charge in [0.05, 0.1) is 0 Å². The fourth-order valence-electron chi connectivity index (χ4n) is 1.05. The molecule has 0 saturated heterocycles. The van der Waals surface area contributed by atoms with Crippen LogP contribution in [0.25, 0.3) is 0 Å². The third kappa shape index (κ3) is 7.58. The van der Waals surface area contributed by atoms with Gasteiger partial charge in [0, 0.05) is 13.8 Å². The van der Waals surface area contributed by atoms with Crippen LogP contribution in [0.5, 0.6) is 0 Å². The maximum Gasteiger partial charge on any atom is 0.303 e. The van der Waals surface area contributed by atoms with Gasteiger partial charge in [-0.2, -0.15) is 0 Å². The molecule has 0 fully saturated rings. The third-order valence-electron chi connectivity index (χ3n) is 1.68. The Bertz CT molecular complexity index is 189. The molecule has 0 aliphatic heterocycles. The Morgan fingerprint density at radius 3 is 2.29 bits per heavy atom. The zero-order valence-electron chi connectivity index (χ0n) is 9.04. The molecule has 0 rings (SSSR count). The Morgan fingerprint density at radius 2 is 1.86 bits per heavy atom. The maximum atomic E-state index is 10.7. The van der Waals surface area contributed by atoms with Crippen LogP contribution >= 0.6 is 0 Å². The number of hydrogen-bond acceptors (Lipinski definition) is 4. The van der Waals surface area contributed by atoms with Gasteiger partial charge < -0.3 is 9.47 Å². The van der Waals surface area contributed by atoms with Gasteiger partial charge >= 0.3 is 11.9 Å². The number of rotatable bonds is 6. The SMILES string of the molecule is CCCC[C@H](COC(C)=O)OC(C)=O. The molecule has 0 saturated carbocycles. The minimum Gasteiger partial charge on any atom is -0.462 e. The zero-order chi connectivity index (χ0) is 11.0. The van der Waals surface area contributed by atoms with E-state index in [2.05, 4.69) is 6.92 Å². The molecule has 0 aromatic heterocycles. The summed E-state index contributed by atoms with van der Waals surface area (Å²) in [4.78, 5) is 21.2. The first kappa shape index (κ1) is 12.9. The Morgan fingerprint density at radius 1 is 1.21 bits per heavy atom. The van der Waals surface area contributed by atoms with Crippen LogP contribution < -0.4 is 0 Å². The average molecular weight is 202 g/mol. The molecule has 0 radical (unpaired) electrons. The molecular formula is C10H18O4. The predicted octanol–water partition coefficient (Wildman–Crippen LogP) is 1.67. The topological polar surface area (TPSA) is 52.6 Å². The summed E-state index contributed by atoms with van der Waals surface area (Å²) in [5, 5.41) is 0. The van der Waals surface area contributed by atoms with Gasteiger partial charge in [-0.1, -0.05) is 13.3 Å². The molecular weight excluding hydrogens is 184 g/mol. The molecule has 0 aromatic carbocycles. The van der Waals surface area contributed by atoms with Crippen molar-refractivity contribution < 1.29 is 19.1 Å². The lowest BCUT2D eigenvalue weighted by Gasteiger charge is -2.15. The van der Waals surface area contributed by atoms with Gasteiger partial charge in [0.2, 0.25) is 0 Å². The summed E-state index contributed by atoms with van der Waals surface area (Å²) in [5.41, 5.74) is 0. The first-order valence-electron chi connectivity index (χ1n) is 4.86. The van der Waals surface area contributed by atoms with Crippen LogP contribution in [0.15, 0.2) is 0 Å². The second-order valence-corrected chi connectivity index (χ2v) is 3.18. The standard InChI is InChI=1S/C10H18O4/c1-4-5-6-10(14-9(3)12)7-13-8(2)11/h10H,4-7H2,1-3H3/t10-/m1/s1. The van der Waals surface area contributed by atoms with E-state index in [0.717, 1.165) is 19.3 Å². The van der Waals surface area contributed by atoms with E-state index in [1.165, 1.54) is 13.8 Å². The molecule has 0 spiro atoms. The molecule has 0 heterocycles. The second-order valence-electron chi connectivity index (χ2n) is 3.18. The van der Waals surface area contributed by atoms with Crippen molar-refractivity contribution in [1.82, 2.24) is 0 Å². The lowest BCUT2D eigenvalue weighted by Crippen LogP contribution is -2.23. The number of carbonyl (C=O) groups excluding carboxylic acids is 2. The fraction of sp³-hybridized carbons (Fsp3) is 0.800. The first-order valence-corrected chi connectivity index (χ1v) is 4.86. The molecule has 0 amide bonds. The van der Waals surface area contributed by atoms with E-state index in [1.54, 1.807) is 0 Å². The molecule has 4 nitrogen and oxygen atoms in total. The molecule has 0 N–H and O–H groups in total. The lowest BCUT2D eigenvalue weighted by atomic mass is 10.2. The Balaban J connectivity index is 3.83. The highest BCUT2D eigenvalue weighted by molar-refractivity contribution is 5.67. The molecule has 0 bridgehead atoms. The van der Waals surface area contributed by atoms with Crippen LogP contribution in [0.1, 0.15) is 40.0 Å². The summed E-state index contributed by atoms with van der Waals surface area (Å²) in [6.07, 6.45) is 2.43. The van der Waals surface area contributed by atoms with E-state index in [9.17, 15) is 9.59 Å². The highest BCUT2D eigenvalue weighted by atomic mass is 16.6. The largest absolute Gasteiger partial charge is 0.462 e. The molecule has 4 heteroatoms. The molecule has 82 valence electrons. The Kier molecular flexibility index (Phi) is 6.80. The summed E-state index contributed by atoms with van der Waals surface area (Å²) in [5.74, 6) is -0.683. The van der Waals surface area contributed by atoms with Crippen molar-refractivity contribution in [2.45, 2.75) is 46.1 Å². The van der Waals surface area contributed by atoms with Gasteiger partial charge in [0.25, 0.3) is 0 Å². The van der Waals surface area contributed by atoms with Crippen molar-refractivity contribution in [1.29, 1.82) is 0 Å². The van der Waals surface area contributed by atoms with Crippen molar-refractivity contribution in [3.63, 3.8) is 0 Å². The van der Waals surface area contributed by atoms with Crippen LogP contribution in [0.2, 0.25) is 0 Å². The highest BCUT2D eigenvalue weighted by Gasteiger charge is 2.12. The highest BCUT2D eigenvalue weighted by Crippen LogP contribution is 2.06. The number of ether oxygens (including phenoxy) is 2. The fourth-order valence-corrected chi connectivity index (χ4v) is 1.05. The van der Waals surface area contributed by atoms with E-state index in [4.69, 9.17) is 9.47 Å². The van der Waals surface area contributed by atoms with Gasteiger partial charge in [-0.15, -0.1) is 0 Å². The first-order chi connectivity index (χ1) is 6.56.